The van der Waals surface area contributed by atoms with E-state index in [1.54, 1.807) is 19.1 Å². The number of nitrogens with zero attached hydrogens (tertiary/aromatic N) is 2. The standard InChI is InChI=1S/C20H25N3O6S/c1-6-17(20(24)21-15-10-13(2)9-14(3)11-15)22(30(5,27)28)18-12-16(23(25)26)7-8-19(18)29-4/h7-12,17H,6H2,1-5H3,(H,21,24)/t17-/m1/s1. The monoisotopic (exact) mass is 435 g/mol. The van der Waals surface area contributed by atoms with Crippen molar-refractivity contribution in [2.45, 2.75) is 33.2 Å². The average Bonchev–Trinajstić information content (AvgIpc) is 2.63. The molecule has 0 saturated heterocycles. The molecule has 0 radical (unpaired) electrons. The van der Waals surface area contributed by atoms with Gasteiger partial charge in [0.2, 0.25) is 15.9 Å². The number of hydrogen-bond acceptors (Lipinski definition) is 6. The molecule has 9 nitrogen and oxygen atoms in total. The lowest BCUT2D eigenvalue weighted by molar-refractivity contribution is -0.384. The molecular weight excluding hydrogens is 410 g/mol. The van der Waals surface area contributed by atoms with E-state index in [1.165, 1.54) is 19.2 Å². The van der Waals surface area contributed by atoms with Crippen molar-refractivity contribution in [3.8, 4) is 5.75 Å². The lowest BCUT2D eigenvalue weighted by Crippen LogP contribution is -2.47. The lowest BCUT2D eigenvalue weighted by atomic mass is 10.1. The van der Waals surface area contributed by atoms with Crippen LogP contribution in [-0.4, -0.2) is 38.7 Å². The summed E-state index contributed by atoms with van der Waals surface area (Å²) in [5.41, 5.74) is 2.04. The summed E-state index contributed by atoms with van der Waals surface area (Å²) in [6.45, 7) is 5.43. The highest BCUT2D eigenvalue weighted by molar-refractivity contribution is 7.92. The molecule has 0 aliphatic rings. The third-order valence-electron chi connectivity index (χ3n) is 4.43. The van der Waals surface area contributed by atoms with Crippen molar-refractivity contribution in [1.29, 1.82) is 0 Å². The zero-order valence-electron chi connectivity index (χ0n) is 17.5. The Hall–Kier alpha value is -3.14. The largest absolute Gasteiger partial charge is 0.495 e. The highest BCUT2D eigenvalue weighted by atomic mass is 32.2. The zero-order valence-corrected chi connectivity index (χ0v) is 18.3. The molecule has 0 aliphatic heterocycles. The van der Waals surface area contributed by atoms with E-state index in [-0.39, 0.29) is 23.5 Å². The van der Waals surface area contributed by atoms with Crippen LogP contribution in [0.15, 0.2) is 36.4 Å². The molecule has 0 spiro atoms. The highest BCUT2D eigenvalue weighted by Gasteiger charge is 2.34. The van der Waals surface area contributed by atoms with E-state index in [0.29, 0.717) is 5.69 Å². The Balaban J connectivity index is 2.55. The van der Waals surface area contributed by atoms with Crippen molar-refractivity contribution in [3.63, 3.8) is 0 Å². The number of carbonyl (C=O) groups excluding carboxylic acids is 1. The summed E-state index contributed by atoms with van der Waals surface area (Å²) < 4.78 is 31.4. The number of rotatable bonds is 8. The normalized spacial score (nSPS) is 12.2. The number of sulfonamides is 1. The first-order valence-corrected chi connectivity index (χ1v) is 11.0. The van der Waals surface area contributed by atoms with Crippen molar-refractivity contribution in [2.24, 2.45) is 0 Å². The van der Waals surface area contributed by atoms with Crippen LogP contribution >= 0.6 is 0 Å². The summed E-state index contributed by atoms with van der Waals surface area (Å²) >= 11 is 0. The number of amides is 1. The number of aryl methyl sites for hydroxylation is 2. The van der Waals surface area contributed by atoms with E-state index >= 15 is 0 Å². The van der Waals surface area contributed by atoms with E-state index in [1.807, 2.05) is 19.9 Å². The van der Waals surface area contributed by atoms with Crippen LogP contribution in [0.3, 0.4) is 0 Å². The molecule has 0 saturated carbocycles. The first kappa shape index (κ1) is 23.1. The fourth-order valence-electron chi connectivity index (χ4n) is 3.27. The number of nitro benzene ring substituents is 1. The molecule has 0 unspecified atom stereocenters. The second-order valence-electron chi connectivity index (χ2n) is 6.96. The van der Waals surface area contributed by atoms with Gasteiger partial charge in [-0.2, -0.15) is 0 Å². The maximum absolute atomic E-state index is 13.1. The fraction of sp³-hybridized carbons (Fsp3) is 0.350. The number of non-ortho nitro benzene ring substituents is 1. The van der Waals surface area contributed by atoms with Crippen LogP contribution < -0.4 is 14.4 Å². The predicted octanol–water partition coefficient (Wildman–Crippen LogP) is 3.40. The van der Waals surface area contributed by atoms with Gasteiger partial charge in [0.25, 0.3) is 5.69 Å². The number of nitrogens with one attached hydrogen (secondary N) is 1. The molecule has 162 valence electrons. The first-order valence-electron chi connectivity index (χ1n) is 9.19. The van der Waals surface area contributed by atoms with Crippen molar-refractivity contribution in [1.82, 2.24) is 0 Å². The number of carbonyl (C=O) groups is 1. The molecule has 30 heavy (non-hydrogen) atoms. The van der Waals surface area contributed by atoms with Crippen LogP contribution in [0.4, 0.5) is 17.1 Å². The Morgan fingerprint density at radius 2 is 1.80 bits per heavy atom. The van der Waals surface area contributed by atoms with E-state index in [0.717, 1.165) is 27.8 Å². The smallest absolute Gasteiger partial charge is 0.271 e. The van der Waals surface area contributed by atoms with Crippen LogP contribution in [0.25, 0.3) is 0 Å². The lowest BCUT2D eigenvalue weighted by Gasteiger charge is -2.31. The number of methoxy groups -OCH3 is 1. The van der Waals surface area contributed by atoms with Gasteiger partial charge >= 0.3 is 0 Å². The Kier molecular flexibility index (Phi) is 7.04. The van der Waals surface area contributed by atoms with E-state index in [2.05, 4.69) is 5.32 Å². The predicted molar refractivity (Wildman–Crippen MR) is 116 cm³/mol. The van der Waals surface area contributed by atoms with Gasteiger partial charge in [0.05, 0.1) is 18.3 Å². The molecule has 0 aromatic heterocycles. The molecular formula is C20H25N3O6S. The van der Waals surface area contributed by atoms with Crippen LogP contribution in [0, 0.1) is 24.0 Å². The third-order valence-corrected chi connectivity index (χ3v) is 5.60. The van der Waals surface area contributed by atoms with Crippen molar-refractivity contribution < 1.29 is 22.9 Å². The zero-order chi connectivity index (χ0) is 22.6. The quantitative estimate of drug-likeness (QED) is 0.501. The minimum atomic E-state index is -3.99. The summed E-state index contributed by atoms with van der Waals surface area (Å²) in [6.07, 6.45) is 1.08. The number of hydrogen-bond donors (Lipinski definition) is 1. The van der Waals surface area contributed by atoms with Crippen LogP contribution in [0.1, 0.15) is 24.5 Å². The Labute approximate surface area is 175 Å². The molecule has 1 amide bonds. The SMILES string of the molecule is CC[C@H](C(=O)Nc1cc(C)cc(C)c1)N(c1cc([N+](=O)[O-])ccc1OC)S(C)(=O)=O. The maximum Gasteiger partial charge on any atom is 0.271 e. The number of benzene rings is 2. The molecule has 2 aromatic rings. The Morgan fingerprint density at radius 1 is 1.20 bits per heavy atom. The van der Waals surface area contributed by atoms with E-state index < -0.39 is 26.9 Å². The highest BCUT2D eigenvalue weighted by Crippen LogP contribution is 2.35. The Morgan fingerprint density at radius 3 is 2.27 bits per heavy atom. The molecule has 2 rings (SSSR count). The van der Waals surface area contributed by atoms with Gasteiger partial charge in [-0.15, -0.1) is 0 Å². The summed E-state index contributed by atoms with van der Waals surface area (Å²) in [6, 6.07) is 7.96. The molecule has 1 atom stereocenters. The van der Waals surface area contributed by atoms with Crippen LogP contribution in [0.2, 0.25) is 0 Å². The van der Waals surface area contributed by atoms with E-state index in [9.17, 15) is 23.3 Å². The van der Waals surface area contributed by atoms with Gasteiger partial charge in [-0.05, 0) is 49.6 Å². The molecule has 0 heterocycles. The average molecular weight is 436 g/mol. The number of anilines is 2. The molecule has 2 aromatic carbocycles. The number of ether oxygens (including phenoxy) is 1. The summed E-state index contributed by atoms with van der Waals surface area (Å²) in [5, 5.41) is 14.0. The van der Waals surface area contributed by atoms with Gasteiger partial charge in [-0.1, -0.05) is 13.0 Å². The van der Waals surface area contributed by atoms with Gasteiger partial charge in [0, 0.05) is 17.8 Å². The topological polar surface area (TPSA) is 119 Å². The minimum Gasteiger partial charge on any atom is -0.495 e. The Bertz CT molecular complexity index is 1050. The summed E-state index contributed by atoms with van der Waals surface area (Å²) in [4.78, 5) is 23.6. The molecule has 0 fully saturated rings. The van der Waals surface area contributed by atoms with Crippen LogP contribution in [0.5, 0.6) is 5.75 Å². The molecule has 0 bridgehead atoms. The van der Waals surface area contributed by atoms with Crippen LogP contribution in [-0.2, 0) is 14.8 Å². The summed E-state index contributed by atoms with van der Waals surface area (Å²) in [7, 11) is -2.67. The van der Waals surface area contributed by atoms with Crippen molar-refractivity contribution in [2.75, 3.05) is 23.0 Å². The van der Waals surface area contributed by atoms with Gasteiger partial charge in [0.1, 0.15) is 17.5 Å². The van der Waals surface area contributed by atoms with Gasteiger partial charge in [0.15, 0.2) is 0 Å². The van der Waals surface area contributed by atoms with Gasteiger partial charge in [-0.3, -0.25) is 19.2 Å². The van der Waals surface area contributed by atoms with Gasteiger partial charge in [-0.25, -0.2) is 8.42 Å². The minimum absolute atomic E-state index is 0.0726. The maximum atomic E-state index is 13.1. The molecule has 0 aliphatic carbocycles. The van der Waals surface area contributed by atoms with E-state index in [4.69, 9.17) is 4.74 Å². The summed E-state index contributed by atoms with van der Waals surface area (Å²) in [5.74, 6) is -0.454. The number of nitro groups is 1. The van der Waals surface area contributed by atoms with Gasteiger partial charge < -0.3 is 10.1 Å². The second kappa shape index (κ2) is 9.12. The third kappa shape index (κ3) is 5.26. The fourth-order valence-corrected chi connectivity index (χ4v) is 4.48. The second-order valence-corrected chi connectivity index (χ2v) is 8.82. The first-order chi connectivity index (χ1) is 14.0. The molecule has 1 N–H and O–H groups in total. The molecule has 10 heteroatoms. The van der Waals surface area contributed by atoms with Crippen molar-refractivity contribution in [3.05, 3.63) is 57.6 Å². The van der Waals surface area contributed by atoms with Crippen molar-refractivity contribution >= 4 is 33.0 Å².